The van der Waals surface area contributed by atoms with Gasteiger partial charge in [0.15, 0.2) is 0 Å². The second-order valence-electron chi connectivity index (χ2n) is 6.83. The fraction of sp³-hybridized carbons (Fsp3) is 0.800. The van der Waals surface area contributed by atoms with Crippen LogP contribution in [0.2, 0.25) is 0 Å². The van der Waals surface area contributed by atoms with E-state index in [2.05, 4.69) is 4.90 Å². The molecule has 4 nitrogen and oxygen atoms in total. The van der Waals surface area contributed by atoms with Crippen molar-refractivity contribution in [2.75, 3.05) is 19.6 Å². The van der Waals surface area contributed by atoms with Crippen LogP contribution in [-0.2, 0) is 4.79 Å². The normalized spacial score (nSPS) is 48.7. The quantitative estimate of drug-likeness (QED) is 0.674. The number of rotatable bonds is 0. The third kappa shape index (κ3) is 1.62. The van der Waals surface area contributed by atoms with E-state index in [1.165, 1.54) is 12.8 Å². The molecular weight excluding hydrogens is 240 g/mol. The van der Waals surface area contributed by atoms with Gasteiger partial charge in [-0.05, 0) is 25.3 Å². The summed E-state index contributed by atoms with van der Waals surface area (Å²) >= 11 is 0. The Labute approximate surface area is 114 Å². The minimum absolute atomic E-state index is 0.196. The number of nitrogens with zero attached hydrogens (tertiary/aromatic N) is 2. The van der Waals surface area contributed by atoms with Gasteiger partial charge in [0.25, 0.3) is 0 Å². The van der Waals surface area contributed by atoms with Crippen LogP contribution in [0.1, 0.15) is 32.1 Å². The second kappa shape index (κ2) is 4.06. The molecule has 4 rings (SSSR count). The predicted octanol–water partition coefficient (Wildman–Crippen LogP) is 1.55. The molecule has 1 amide bonds. The van der Waals surface area contributed by atoms with Crippen molar-refractivity contribution in [2.24, 2.45) is 11.8 Å². The Morgan fingerprint density at radius 3 is 2.89 bits per heavy atom. The number of hydrogen-bond acceptors (Lipinski definition) is 2. The van der Waals surface area contributed by atoms with Crippen molar-refractivity contribution in [3.8, 4) is 0 Å². The van der Waals surface area contributed by atoms with Crippen molar-refractivity contribution in [1.29, 1.82) is 0 Å². The summed E-state index contributed by atoms with van der Waals surface area (Å²) in [5, 5.41) is 11.0. The van der Waals surface area contributed by atoms with Crippen molar-refractivity contribution in [3.05, 3.63) is 12.2 Å². The summed E-state index contributed by atoms with van der Waals surface area (Å²) in [7, 11) is 0. The first kappa shape index (κ1) is 11.9. The van der Waals surface area contributed by atoms with Crippen LogP contribution in [0, 0.1) is 11.8 Å². The van der Waals surface area contributed by atoms with Gasteiger partial charge in [-0.2, -0.15) is 4.65 Å². The van der Waals surface area contributed by atoms with Crippen molar-refractivity contribution in [2.45, 2.75) is 44.2 Å². The Morgan fingerprint density at radius 1 is 1.26 bits per heavy atom. The molecule has 5 atom stereocenters. The number of amides is 1. The maximum Gasteiger partial charge on any atom is 0.246 e. The van der Waals surface area contributed by atoms with Gasteiger partial charge in [-0.3, -0.25) is 4.79 Å². The summed E-state index contributed by atoms with van der Waals surface area (Å²) in [5.74, 6) is 1.21. The van der Waals surface area contributed by atoms with Crippen LogP contribution in [0.3, 0.4) is 0 Å². The van der Waals surface area contributed by atoms with Gasteiger partial charge in [-0.1, -0.05) is 6.08 Å². The number of hydrogen-bond donors (Lipinski definition) is 1. The fourth-order valence-electron chi connectivity index (χ4n) is 5.28. The highest BCUT2D eigenvalue weighted by Gasteiger charge is 2.58. The first-order valence-electron chi connectivity index (χ1n) is 7.76. The SMILES string of the molecule is O=C1C=CC[C@@H]2[C@H]3CCC[N@+]4(O)CCC[C@@H](CN12)[C@@H]34. The van der Waals surface area contributed by atoms with Crippen LogP contribution in [0.25, 0.3) is 0 Å². The Hall–Kier alpha value is -0.870. The molecule has 3 fully saturated rings. The summed E-state index contributed by atoms with van der Waals surface area (Å²) in [6, 6.07) is 0.741. The summed E-state index contributed by atoms with van der Waals surface area (Å²) in [6.45, 7) is 2.72. The maximum absolute atomic E-state index is 12.1. The number of fused-ring (bicyclic) bond motifs is 2. The molecule has 4 heterocycles. The molecule has 0 saturated carbocycles. The van der Waals surface area contributed by atoms with Crippen LogP contribution in [-0.4, -0.2) is 52.4 Å². The number of carbonyl (C=O) groups is 1. The Kier molecular flexibility index (Phi) is 2.55. The Bertz CT molecular complexity index is 432. The molecule has 0 unspecified atom stereocenters. The number of quaternary nitrogens is 1. The van der Waals surface area contributed by atoms with Crippen molar-refractivity contribution in [3.63, 3.8) is 0 Å². The first-order valence-corrected chi connectivity index (χ1v) is 7.76. The molecule has 0 aromatic heterocycles. The predicted molar refractivity (Wildman–Crippen MR) is 70.3 cm³/mol. The molecule has 4 aliphatic rings. The summed E-state index contributed by atoms with van der Waals surface area (Å²) in [6.07, 6.45) is 9.34. The van der Waals surface area contributed by atoms with E-state index in [0.717, 1.165) is 38.9 Å². The van der Waals surface area contributed by atoms with Gasteiger partial charge in [0.1, 0.15) is 19.1 Å². The van der Waals surface area contributed by atoms with Gasteiger partial charge in [0.05, 0.1) is 0 Å². The molecule has 19 heavy (non-hydrogen) atoms. The van der Waals surface area contributed by atoms with Crippen LogP contribution < -0.4 is 0 Å². The van der Waals surface area contributed by atoms with E-state index >= 15 is 0 Å². The van der Waals surface area contributed by atoms with Crippen molar-refractivity contribution >= 4 is 5.91 Å². The topological polar surface area (TPSA) is 40.5 Å². The van der Waals surface area contributed by atoms with Gasteiger partial charge in [0, 0.05) is 37.3 Å². The third-order valence-electron chi connectivity index (χ3n) is 5.93. The molecule has 1 N–H and O–H groups in total. The first-order chi connectivity index (χ1) is 9.19. The number of carbonyl (C=O) groups excluding carboxylic acids is 1. The molecule has 3 saturated heterocycles. The molecule has 0 aromatic carbocycles. The van der Waals surface area contributed by atoms with Gasteiger partial charge in [0.2, 0.25) is 5.91 Å². The van der Waals surface area contributed by atoms with Crippen molar-refractivity contribution in [1.82, 2.24) is 4.90 Å². The van der Waals surface area contributed by atoms with Gasteiger partial charge >= 0.3 is 0 Å². The molecule has 4 heteroatoms. The Balaban J connectivity index is 1.72. The molecule has 0 aromatic rings. The van der Waals surface area contributed by atoms with E-state index in [0.29, 0.717) is 28.6 Å². The number of piperidine rings is 3. The summed E-state index contributed by atoms with van der Waals surface area (Å²) in [4.78, 5) is 14.2. The maximum atomic E-state index is 12.1. The molecular formula is C15H23N2O2+. The molecule has 0 spiro atoms. The zero-order valence-corrected chi connectivity index (χ0v) is 11.4. The van der Waals surface area contributed by atoms with Gasteiger partial charge in [-0.15, -0.1) is 0 Å². The van der Waals surface area contributed by atoms with Crippen LogP contribution >= 0.6 is 0 Å². The number of hydroxylamine groups is 3. The summed E-state index contributed by atoms with van der Waals surface area (Å²) in [5.41, 5.74) is 0. The van der Waals surface area contributed by atoms with Crippen molar-refractivity contribution < 1.29 is 14.6 Å². The van der Waals surface area contributed by atoms with E-state index in [1.807, 2.05) is 6.08 Å². The highest BCUT2D eigenvalue weighted by molar-refractivity contribution is 5.88. The fourth-order valence-corrected chi connectivity index (χ4v) is 5.28. The van der Waals surface area contributed by atoms with E-state index < -0.39 is 0 Å². The minimum atomic E-state index is 0.196. The molecule has 104 valence electrons. The Morgan fingerprint density at radius 2 is 2.05 bits per heavy atom. The average molecular weight is 263 g/mol. The van der Waals surface area contributed by atoms with Gasteiger partial charge < -0.3 is 4.90 Å². The van der Waals surface area contributed by atoms with Crippen LogP contribution in [0.15, 0.2) is 12.2 Å². The lowest BCUT2D eigenvalue weighted by Crippen LogP contribution is -2.72. The lowest BCUT2D eigenvalue weighted by molar-refractivity contribution is -1.13. The zero-order valence-electron chi connectivity index (χ0n) is 11.4. The lowest BCUT2D eigenvalue weighted by atomic mass is 9.68. The molecule has 4 aliphatic heterocycles. The summed E-state index contributed by atoms with van der Waals surface area (Å²) < 4.78 is 0.303. The largest absolute Gasteiger partial charge is 0.335 e. The highest BCUT2D eigenvalue weighted by atomic mass is 16.5. The second-order valence-corrected chi connectivity index (χ2v) is 6.83. The standard InChI is InChI=1S/C15H23N2O2/c18-14-7-1-6-13-12-5-3-9-17(19)8-2-4-11(15(12)17)10-16(13)14/h1,7,11-13,15,19H,2-6,8-10H2/q+1/t11-,12+,13+,15-,17+/m0/s1. The van der Waals surface area contributed by atoms with E-state index in [9.17, 15) is 10.0 Å². The highest BCUT2D eigenvalue weighted by Crippen LogP contribution is 2.46. The third-order valence-corrected chi connectivity index (χ3v) is 5.93. The zero-order chi connectivity index (χ0) is 13.0. The van der Waals surface area contributed by atoms with E-state index in [4.69, 9.17) is 0 Å². The van der Waals surface area contributed by atoms with E-state index in [1.54, 1.807) is 6.08 Å². The monoisotopic (exact) mass is 263 g/mol. The van der Waals surface area contributed by atoms with Gasteiger partial charge in [-0.25, -0.2) is 5.21 Å². The average Bonchev–Trinajstić information content (AvgIpc) is 2.40. The smallest absolute Gasteiger partial charge is 0.246 e. The molecule has 0 radical (unpaired) electrons. The molecule has 0 aliphatic carbocycles. The lowest BCUT2D eigenvalue weighted by Gasteiger charge is -2.58. The minimum Gasteiger partial charge on any atom is -0.335 e. The van der Waals surface area contributed by atoms with Crippen LogP contribution in [0.5, 0.6) is 0 Å². The van der Waals surface area contributed by atoms with E-state index in [-0.39, 0.29) is 5.91 Å². The van der Waals surface area contributed by atoms with Crippen LogP contribution in [0.4, 0.5) is 0 Å². The molecule has 0 bridgehead atoms.